The summed E-state index contributed by atoms with van der Waals surface area (Å²) in [6, 6.07) is 17.7. The predicted molar refractivity (Wildman–Crippen MR) is 158 cm³/mol. The first kappa shape index (κ1) is 27.8. The summed E-state index contributed by atoms with van der Waals surface area (Å²) in [4.78, 5) is 33.8. The number of nitrogens with zero attached hydrogens (tertiary/aromatic N) is 3. The molecule has 3 aromatic rings. The summed E-state index contributed by atoms with van der Waals surface area (Å²) in [7, 11) is 4.19. The lowest BCUT2D eigenvalue weighted by molar-refractivity contribution is 0.0939. The van der Waals surface area contributed by atoms with Crippen LogP contribution in [0, 0.1) is 6.92 Å². The highest BCUT2D eigenvalue weighted by Crippen LogP contribution is 2.29. The SMILES string of the molecule is Cc1ccc(CC(C)NC(=O)c2ccc(N3CCN(CCN(C)C)CC3)c(NC(=O)c3cccs3)c2)cc1. The highest BCUT2D eigenvalue weighted by molar-refractivity contribution is 7.12. The number of nitrogens with one attached hydrogen (secondary N) is 2. The van der Waals surface area contributed by atoms with Gasteiger partial charge in [0.2, 0.25) is 0 Å². The fraction of sp³-hybridized carbons (Fsp3) is 0.400. The molecule has 1 saturated heterocycles. The third kappa shape index (κ3) is 7.66. The van der Waals surface area contributed by atoms with Gasteiger partial charge in [-0.25, -0.2) is 0 Å². The standard InChI is InChI=1S/C30H39N5O2S/c1-22-7-9-24(10-8-22)20-23(2)31-29(36)25-11-12-27(26(21-25)32-30(37)28-6-5-19-38-28)35-17-15-34(16-18-35)14-13-33(3)4/h5-12,19,21,23H,13-18,20H2,1-4H3,(H,31,36)(H,32,37). The van der Waals surface area contributed by atoms with E-state index in [4.69, 9.17) is 0 Å². The van der Waals surface area contributed by atoms with Crippen LogP contribution in [0.2, 0.25) is 0 Å². The fourth-order valence-electron chi connectivity index (χ4n) is 4.63. The number of benzene rings is 2. The second-order valence-electron chi connectivity index (χ2n) is 10.4. The van der Waals surface area contributed by atoms with E-state index in [1.165, 1.54) is 22.5 Å². The number of carbonyl (C=O) groups excluding carboxylic acids is 2. The van der Waals surface area contributed by atoms with Crippen LogP contribution in [0.3, 0.4) is 0 Å². The molecule has 0 saturated carbocycles. The summed E-state index contributed by atoms with van der Waals surface area (Å²) in [6.07, 6.45) is 0.754. The van der Waals surface area contributed by atoms with E-state index in [-0.39, 0.29) is 17.9 Å². The van der Waals surface area contributed by atoms with Gasteiger partial charge in [-0.15, -0.1) is 11.3 Å². The summed E-state index contributed by atoms with van der Waals surface area (Å²) in [5.74, 6) is -0.299. The molecular formula is C30H39N5O2S. The second-order valence-corrected chi connectivity index (χ2v) is 11.3. The van der Waals surface area contributed by atoms with Gasteiger partial charge in [0.1, 0.15) is 0 Å². The normalized spacial score (nSPS) is 14.9. The van der Waals surface area contributed by atoms with Gasteiger partial charge in [0.15, 0.2) is 0 Å². The number of likely N-dealkylation sites (N-methyl/N-ethyl adjacent to an activating group) is 1. The average molecular weight is 534 g/mol. The molecule has 1 aromatic heterocycles. The van der Waals surface area contributed by atoms with E-state index in [2.05, 4.69) is 70.6 Å². The van der Waals surface area contributed by atoms with Crippen LogP contribution in [-0.2, 0) is 6.42 Å². The Labute approximate surface area is 230 Å². The number of amides is 2. The van der Waals surface area contributed by atoms with Crippen molar-refractivity contribution in [3.05, 3.63) is 81.5 Å². The Hall–Kier alpha value is -3.20. The molecule has 1 fully saturated rings. The first-order valence-corrected chi connectivity index (χ1v) is 14.1. The van der Waals surface area contributed by atoms with Crippen LogP contribution in [-0.4, -0.2) is 81.0 Å². The third-order valence-corrected chi connectivity index (χ3v) is 7.74. The maximum atomic E-state index is 13.2. The molecule has 1 aliphatic rings. The molecule has 1 unspecified atom stereocenters. The van der Waals surface area contributed by atoms with Crippen molar-refractivity contribution in [2.24, 2.45) is 0 Å². The number of thiophene rings is 1. The van der Waals surface area contributed by atoms with E-state index in [9.17, 15) is 9.59 Å². The Morgan fingerprint density at radius 3 is 2.39 bits per heavy atom. The summed E-state index contributed by atoms with van der Waals surface area (Å²) in [5, 5.41) is 8.10. The van der Waals surface area contributed by atoms with E-state index in [0.29, 0.717) is 16.1 Å². The highest BCUT2D eigenvalue weighted by Gasteiger charge is 2.22. The van der Waals surface area contributed by atoms with Gasteiger partial charge >= 0.3 is 0 Å². The van der Waals surface area contributed by atoms with E-state index in [1.54, 1.807) is 0 Å². The van der Waals surface area contributed by atoms with E-state index in [1.807, 2.05) is 42.6 Å². The molecule has 2 heterocycles. The molecular weight excluding hydrogens is 494 g/mol. The van der Waals surface area contributed by atoms with Gasteiger partial charge in [-0.2, -0.15) is 0 Å². The molecule has 2 N–H and O–H groups in total. The number of carbonyl (C=O) groups is 2. The van der Waals surface area contributed by atoms with Crippen molar-refractivity contribution in [2.75, 3.05) is 63.6 Å². The van der Waals surface area contributed by atoms with Crippen LogP contribution in [0.5, 0.6) is 0 Å². The van der Waals surface area contributed by atoms with Gasteiger partial charge in [-0.1, -0.05) is 35.9 Å². The van der Waals surface area contributed by atoms with Crippen molar-refractivity contribution in [1.29, 1.82) is 0 Å². The third-order valence-electron chi connectivity index (χ3n) is 6.87. The molecule has 8 heteroatoms. The lowest BCUT2D eigenvalue weighted by Gasteiger charge is -2.37. The Morgan fingerprint density at radius 2 is 1.74 bits per heavy atom. The van der Waals surface area contributed by atoms with Crippen LogP contribution in [0.15, 0.2) is 60.0 Å². The summed E-state index contributed by atoms with van der Waals surface area (Å²) in [5.41, 5.74) is 4.57. The molecule has 0 aliphatic carbocycles. The summed E-state index contributed by atoms with van der Waals surface area (Å²) < 4.78 is 0. The molecule has 202 valence electrons. The molecule has 2 aromatic carbocycles. The summed E-state index contributed by atoms with van der Waals surface area (Å²) >= 11 is 1.40. The molecule has 2 amide bonds. The van der Waals surface area contributed by atoms with Gasteiger partial charge in [0.25, 0.3) is 11.8 Å². The Balaban J connectivity index is 1.47. The minimum atomic E-state index is -0.156. The molecule has 7 nitrogen and oxygen atoms in total. The van der Waals surface area contributed by atoms with Gasteiger partial charge in [-0.3, -0.25) is 14.5 Å². The largest absolute Gasteiger partial charge is 0.367 e. The zero-order chi connectivity index (χ0) is 27.1. The highest BCUT2D eigenvalue weighted by atomic mass is 32.1. The van der Waals surface area contributed by atoms with Gasteiger partial charge in [0, 0.05) is 50.9 Å². The summed E-state index contributed by atoms with van der Waals surface area (Å²) in [6.45, 7) is 9.83. The molecule has 38 heavy (non-hydrogen) atoms. The molecule has 0 bridgehead atoms. The number of hydrogen-bond donors (Lipinski definition) is 2. The van der Waals surface area contributed by atoms with Gasteiger partial charge < -0.3 is 20.4 Å². The van der Waals surface area contributed by atoms with E-state index >= 15 is 0 Å². The quantitative estimate of drug-likeness (QED) is 0.406. The van der Waals surface area contributed by atoms with E-state index in [0.717, 1.165) is 51.4 Å². The first-order chi connectivity index (χ1) is 18.3. The topological polar surface area (TPSA) is 67.9 Å². The Bertz CT molecular complexity index is 1200. The Kier molecular flexibility index (Phi) is 9.55. The van der Waals surface area contributed by atoms with Crippen LogP contribution in [0.25, 0.3) is 0 Å². The number of rotatable bonds is 10. The molecule has 0 radical (unpaired) electrons. The monoisotopic (exact) mass is 533 g/mol. The molecule has 1 atom stereocenters. The van der Waals surface area contributed by atoms with Crippen molar-refractivity contribution in [3.63, 3.8) is 0 Å². The smallest absolute Gasteiger partial charge is 0.265 e. The lowest BCUT2D eigenvalue weighted by atomic mass is 10.0. The van der Waals surface area contributed by atoms with Crippen molar-refractivity contribution in [3.8, 4) is 0 Å². The van der Waals surface area contributed by atoms with Gasteiger partial charge in [0.05, 0.1) is 16.3 Å². The van der Waals surface area contributed by atoms with Crippen molar-refractivity contribution < 1.29 is 9.59 Å². The fourth-order valence-corrected chi connectivity index (χ4v) is 5.25. The lowest BCUT2D eigenvalue weighted by Crippen LogP contribution is -2.48. The molecule has 1 aliphatic heterocycles. The van der Waals surface area contributed by atoms with Crippen LogP contribution in [0.4, 0.5) is 11.4 Å². The number of piperazine rings is 1. The predicted octanol–water partition coefficient (Wildman–Crippen LogP) is 4.35. The maximum absolute atomic E-state index is 13.2. The van der Waals surface area contributed by atoms with Gasteiger partial charge in [-0.05, 0) is 69.6 Å². The number of aryl methyl sites for hydroxylation is 1. The van der Waals surface area contributed by atoms with E-state index < -0.39 is 0 Å². The minimum absolute atomic E-state index is 0.0238. The zero-order valence-corrected chi connectivity index (χ0v) is 23.7. The second kappa shape index (κ2) is 13.0. The maximum Gasteiger partial charge on any atom is 0.265 e. The van der Waals surface area contributed by atoms with Crippen molar-refractivity contribution in [1.82, 2.24) is 15.1 Å². The number of hydrogen-bond acceptors (Lipinski definition) is 6. The van der Waals surface area contributed by atoms with Crippen molar-refractivity contribution in [2.45, 2.75) is 26.3 Å². The first-order valence-electron chi connectivity index (χ1n) is 13.3. The minimum Gasteiger partial charge on any atom is -0.367 e. The molecule has 0 spiro atoms. The average Bonchev–Trinajstić information content (AvgIpc) is 3.44. The number of anilines is 2. The van der Waals surface area contributed by atoms with Crippen molar-refractivity contribution >= 4 is 34.5 Å². The van der Waals surface area contributed by atoms with Crippen LogP contribution < -0.4 is 15.5 Å². The Morgan fingerprint density at radius 1 is 1.00 bits per heavy atom. The van der Waals surface area contributed by atoms with Crippen LogP contribution >= 0.6 is 11.3 Å². The molecule has 4 rings (SSSR count). The van der Waals surface area contributed by atoms with Crippen LogP contribution in [0.1, 0.15) is 38.1 Å². The zero-order valence-electron chi connectivity index (χ0n) is 22.9.